The molecule has 1 fully saturated rings. The lowest BCUT2D eigenvalue weighted by Gasteiger charge is -2.14. The lowest BCUT2D eigenvalue weighted by Crippen LogP contribution is -2.24. The maximum absolute atomic E-state index is 11.7. The lowest BCUT2D eigenvalue weighted by molar-refractivity contribution is -0.138. The topological polar surface area (TPSA) is 89.5 Å². The number of esters is 1. The van der Waals surface area contributed by atoms with E-state index in [1.54, 1.807) is 24.0 Å². The van der Waals surface area contributed by atoms with Gasteiger partial charge in [-0.3, -0.25) is 0 Å². The number of nitrogens with zero attached hydrogens (tertiary/aromatic N) is 4. The van der Waals surface area contributed by atoms with E-state index in [-0.39, 0.29) is 17.6 Å². The molecule has 0 aromatic carbocycles. The standard InChI is InChI=1S/C12H13ClN4O2/c1-2-19-11(18)10(9(7-14)8-15)16-12(13)17-5-3-4-6-17/h2-6H2,1H3. The summed E-state index contributed by atoms with van der Waals surface area (Å²) in [5.41, 5.74) is -0.750. The Morgan fingerprint density at radius 3 is 2.42 bits per heavy atom. The molecule has 0 N–H and O–H groups in total. The molecule has 0 bridgehead atoms. The van der Waals surface area contributed by atoms with Gasteiger partial charge in [0, 0.05) is 13.1 Å². The summed E-state index contributed by atoms with van der Waals surface area (Å²) in [5, 5.41) is 17.8. The number of hydrogen-bond acceptors (Lipinski definition) is 5. The number of nitriles is 2. The van der Waals surface area contributed by atoms with E-state index in [0.29, 0.717) is 0 Å². The van der Waals surface area contributed by atoms with E-state index >= 15 is 0 Å². The SMILES string of the molecule is CCOC(=O)C(N=C(Cl)N1CCCC1)=C(C#N)C#N. The van der Waals surface area contributed by atoms with Crippen LogP contribution in [0.5, 0.6) is 0 Å². The summed E-state index contributed by atoms with van der Waals surface area (Å²) >= 11 is 6.00. The number of hydrogen-bond donors (Lipinski definition) is 0. The number of amidine groups is 1. The zero-order valence-corrected chi connectivity index (χ0v) is 11.3. The minimum Gasteiger partial charge on any atom is -0.461 e. The highest BCUT2D eigenvalue weighted by atomic mass is 35.5. The largest absolute Gasteiger partial charge is 0.461 e. The number of likely N-dealkylation sites (tertiary alicyclic amines) is 1. The van der Waals surface area contributed by atoms with Crippen molar-refractivity contribution in [3.63, 3.8) is 0 Å². The Kier molecular flexibility index (Phi) is 5.84. The van der Waals surface area contributed by atoms with Crippen molar-refractivity contribution in [2.45, 2.75) is 19.8 Å². The molecule has 1 saturated heterocycles. The van der Waals surface area contributed by atoms with Gasteiger partial charge in [-0.2, -0.15) is 10.5 Å². The van der Waals surface area contributed by atoms with Gasteiger partial charge in [0.2, 0.25) is 0 Å². The number of allylic oxidation sites excluding steroid dienone is 1. The Balaban J connectivity index is 3.08. The molecule has 1 aliphatic rings. The zero-order valence-electron chi connectivity index (χ0n) is 10.5. The van der Waals surface area contributed by atoms with Gasteiger partial charge < -0.3 is 9.64 Å². The molecule has 0 amide bonds. The van der Waals surface area contributed by atoms with E-state index in [9.17, 15) is 4.79 Å². The molecule has 1 heterocycles. The first kappa shape index (κ1) is 15.0. The minimum absolute atomic E-state index is 0.101. The number of aliphatic imine (C=N–C) groups is 1. The van der Waals surface area contributed by atoms with E-state index in [1.807, 2.05) is 0 Å². The fourth-order valence-electron chi connectivity index (χ4n) is 1.60. The summed E-state index contributed by atoms with van der Waals surface area (Å²) in [4.78, 5) is 17.4. The van der Waals surface area contributed by atoms with Gasteiger partial charge in [0.05, 0.1) is 6.61 Å². The van der Waals surface area contributed by atoms with Crippen LogP contribution >= 0.6 is 11.6 Å². The molecule has 1 aliphatic heterocycles. The Hall–Kier alpha value is -2.05. The second kappa shape index (κ2) is 7.40. The van der Waals surface area contributed by atoms with Crippen molar-refractivity contribution in [2.75, 3.05) is 19.7 Å². The van der Waals surface area contributed by atoms with Gasteiger partial charge in [0.1, 0.15) is 12.1 Å². The van der Waals surface area contributed by atoms with Crippen molar-refractivity contribution >= 4 is 22.9 Å². The molecule has 0 aromatic rings. The van der Waals surface area contributed by atoms with Crippen LogP contribution in [-0.4, -0.2) is 35.9 Å². The van der Waals surface area contributed by atoms with Gasteiger partial charge in [-0.15, -0.1) is 0 Å². The first-order chi connectivity index (χ1) is 9.13. The van der Waals surface area contributed by atoms with Crippen molar-refractivity contribution in [3.8, 4) is 12.1 Å². The predicted octanol–water partition coefficient (Wildman–Crippen LogP) is 1.54. The third-order valence-corrected chi connectivity index (χ3v) is 2.82. The van der Waals surface area contributed by atoms with Crippen molar-refractivity contribution in [1.82, 2.24) is 4.90 Å². The van der Waals surface area contributed by atoms with Crippen LogP contribution in [0.4, 0.5) is 0 Å². The van der Waals surface area contributed by atoms with Gasteiger partial charge in [-0.05, 0) is 31.4 Å². The summed E-state index contributed by atoms with van der Waals surface area (Å²) < 4.78 is 4.77. The van der Waals surface area contributed by atoms with Crippen LogP contribution in [0.2, 0.25) is 0 Å². The average Bonchev–Trinajstić information content (AvgIpc) is 2.93. The van der Waals surface area contributed by atoms with Gasteiger partial charge in [0.25, 0.3) is 0 Å². The highest BCUT2D eigenvalue weighted by molar-refractivity contribution is 6.64. The van der Waals surface area contributed by atoms with Crippen LogP contribution in [0.1, 0.15) is 19.8 Å². The summed E-state index contributed by atoms with van der Waals surface area (Å²) in [7, 11) is 0. The van der Waals surface area contributed by atoms with Crippen LogP contribution < -0.4 is 0 Å². The molecule has 100 valence electrons. The Labute approximate surface area is 116 Å². The van der Waals surface area contributed by atoms with E-state index in [0.717, 1.165) is 25.9 Å². The molecule has 1 rings (SSSR count). The van der Waals surface area contributed by atoms with Gasteiger partial charge in [-0.25, -0.2) is 9.79 Å². The van der Waals surface area contributed by atoms with E-state index in [1.165, 1.54) is 0 Å². The first-order valence-corrected chi connectivity index (χ1v) is 6.22. The second-order valence-corrected chi connectivity index (χ2v) is 4.08. The van der Waals surface area contributed by atoms with E-state index in [4.69, 9.17) is 26.9 Å². The molecule has 0 saturated carbocycles. The van der Waals surface area contributed by atoms with Crippen LogP contribution in [0, 0.1) is 22.7 Å². The molecular formula is C12H13ClN4O2. The van der Waals surface area contributed by atoms with Crippen LogP contribution in [0.15, 0.2) is 16.3 Å². The normalized spacial score (nSPS) is 14.5. The monoisotopic (exact) mass is 280 g/mol. The van der Waals surface area contributed by atoms with Crippen LogP contribution in [0.25, 0.3) is 0 Å². The quantitative estimate of drug-likeness (QED) is 0.195. The molecular weight excluding hydrogens is 268 g/mol. The molecule has 19 heavy (non-hydrogen) atoms. The average molecular weight is 281 g/mol. The Morgan fingerprint density at radius 2 is 1.95 bits per heavy atom. The summed E-state index contributed by atoms with van der Waals surface area (Å²) in [6.07, 6.45) is 1.99. The fraction of sp³-hybridized carbons (Fsp3) is 0.500. The maximum atomic E-state index is 11.7. The minimum atomic E-state index is -0.821. The molecule has 7 heteroatoms. The van der Waals surface area contributed by atoms with Gasteiger partial charge in [-0.1, -0.05) is 0 Å². The van der Waals surface area contributed by atoms with E-state index < -0.39 is 11.5 Å². The van der Waals surface area contributed by atoms with Crippen molar-refractivity contribution < 1.29 is 9.53 Å². The summed E-state index contributed by atoms with van der Waals surface area (Å²) in [6.45, 7) is 3.24. The molecule has 0 radical (unpaired) electrons. The number of rotatable bonds is 3. The number of halogens is 1. The number of carbonyl (C=O) groups is 1. The molecule has 0 aliphatic carbocycles. The molecule has 0 atom stereocenters. The highest BCUT2D eigenvalue weighted by Crippen LogP contribution is 2.15. The third kappa shape index (κ3) is 3.97. The first-order valence-electron chi connectivity index (χ1n) is 5.84. The van der Waals surface area contributed by atoms with Gasteiger partial charge >= 0.3 is 5.97 Å². The Bertz CT molecular complexity index is 477. The molecule has 0 aromatic heterocycles. The Morgan fingerprint density at radius 1 is 1.37 bits per heavy atom. The third-order valence-electron chi connectivity index (χ3n) is 2.50. The highest BCUT2D eigenvalue weighted by Gasteiger charge is 2.20. The maximum Gasteiger partial charge on any atom is 0.359 e. The van der Waals surface area contributed by atoms with Crippen molar-refractivity contribution in [1.29, 1.82) is 10.5 Å². The smallest absolute Gasteiger partial charge is 0.359 e. The fourth-order valence-corrected chi connectivity index (χ4v) is 1.85. The zero-order chi connectivity index (χ0) is 14.3. The van der Waals surface area contributed by atoms with Gasteiger partial charge in [0.15, 0.2) is 16.6 Å². The van der Waals surface area contributed by atoms with E-state index in [2.05, 4.69) is 4.99 Å². The van der Waals surface area contributed by atoms with Crippen LogP contribution in [0.3, 0.4) is 0 Å². The summed E-state index contributed by atoms with van der Waals surface area (Å²) in [6, 6.07) is 3.24. The predicted molar refractivity (Wildman–Crippen MR) is 69.0 cm³/mol. The summed E-state index contributed by atoms with van der Waals surface area (Å²) in [5.74, 6) is -0.821. The number of ether oxygens (including phenoxy) is 1. The number of carbonyl (C=O) groups excluding carboxylic acids is 1. The van der Waals surface area contributed by atoms with Crippen LogP contribution in [-0.2, 0) is 9.53 Å². The van der Waals surface area contributed by atoms with Crippen molar-refractivity contribution in [3.05, 3.63) is 11.3 Å². The molecule has 0 unspecified atom stereocenters. The molecule has 6 nitrogen and oxygen atoms in total. The second-order valence-electron chi connectivity index (χ2n) is 3.74. The lowest BCUT2D eigenvalue weighted by atomic mass is 10.2. The van der Waals surface area contributed by atoms with Crippen molar-refractivity contribution in [2.24, 2.45) is 4.99 Å². The molecule has 0 spiro atoms.